The van der Waals surface area contributed by atoms with Crippen LogP contribution < -0.4 is 9.47 Å². The average Bonchev–Trinajstić information content (AvgIpc) is 2.94. The van der Waals surface area contributed by atoms with E-state index in [0.29, 0.717) is 17.7 Å². The molecule has 5 rings (SSSR count). The van der Waals surface area contributed by atoms with E-state index in [1.54, 1.807) is 18.0 Å². The topological polar surface area (TPSA) is 41.9 Å². The van der Waals surface area contributed by atoms with E-state index in [1.807, 2.05) is 0 Å². The molecule has 4 aliphatic rings. The van der Waals surface area contributed by atoms with Gasteiger partial charge in [-0.1, -0.05) is 18.2 Å². The molecule has 22 heavy (non-hydrogen) atoms. The summed E-state index contributed by atoms with van der Waals surface area (Å²) in [5.74, 6) is -1.83. The molecule has 1 N–H and O–H groups in total. The molecular formula is C18H21NO3. The van der Waals surface area contributed by atoms with E-state index in [-0.39, 0.29) is 24.3 Å². The van der Waals surface area contributed by atoms with E-state index < -0.39 is 36.5 Å². The van der Waals surface area contributed by atoms with Gasteiger partial charge in [0.2, 0.25) is 1.43 Å². The van der Waals surface area contributed by atoms with Crippen LogP contribution in [0.4, 0.5) is 0 Å². The molecule has 0 saturated carbocycles. The van der Waals surface area contributed by atoms with Gasteiger partial charge in [-0.3, -0.25) is 0 Å². The van der Waals surface area contributed by atoms with Gasteiger partial charge < -0.3 is 19.5 Å². The molecule has 4 nitrogen and oxygen atoms in total. The summed E-state index contributed by atoms with van der Waals surface area (Å²) >= 11 is 0. The fourth-order valence-corrected chi connectivity index (χ4v) is 4.40. The summed E-state index contributed by atoms with van der Waals surface area (Å²) in [4.78, 5) is 1.77. The van der Waals surface area contributed by atoms with Gasteiger partial charge in [0.15, 0.2) is 11.5 Å². The van der Waals surface area contributed by atoms with Gasteiger partial charge in [-0.2, -0.15) is 0 Å². The Morgan fingerprint density at radius 1 is 1.55 bits per heavy atom. The van der Waals surface area contributed by atoms with Gasteiger partial charge in [-0.05, 0) is 38.1 Å². The highest BCUT2D eigenvalue weighted by Gasteiger charge is 2.64. The summed E-state index contributed by atoms with van der Waals surface area (Å²) < 4.78 is 77.8. The lowest BCUT2D eigenvalue weighted by Gasteiger charge is -2.56. The zero-order chi connectivity index (χ0) is 22.0. The molecule has 1 saturated heterocycles. The second-order valence-electron chi connectivity index (χ2n) is 6.27. The summed E-state index contributed by atoms with van der Waals surface area (Å²) in [6.45, 7) is 0.360. The minimum atomic E-state index is -2.77. The van der Waals surface area contributed by atoms with Crippen LogP contribution in [0.3, 0.4) is 0 Å². The van der Waals surface area contributed by atoms with Crippen LogP contribution in [0.25, 0.3) is 0 Å². The van der Waals surface area contributed by atoms with Gasteiger partial charge in [0.1, 0.15) is 12.2 Å². The summed E-state index contributed by atoms with van der Waals surface area (Å²) in [7, 11) is -1.01. The van der Waals surface area contributed by atoms with Crippen molar-refractivity contribution in [2.24, 2.45) is 5.89 Å². The van der Waals surface area contributed by atoms with Crippen molar-refractivity contribution < 1.29 is 24.2 Å². The van der Waals surface area contributed by atoms with Crippen LogP contribution in [0.15, 0.2) is 24.3 Å². The molecule has 0 radical (unpaired) electrons. The lowest BCUT2D eigenvalue weighted by molar-refractivity contribution is -0.0453. The zero-order valence-electron chi connectivity index (χ0n) is 20.1. The number of rotatable bonds is 2. The second kappa shape index (κ2) is 4.06. The first-order chi connectivity index (χ1) is 13.8. The molecule has 2 aliphatic heterocycles. The maximum Gasteiger partial charge on any atom is 0.211 e. The number of aliphatic hydroxyl groups is 1. The van der Waals surface area contributed by atoms with Crippen LogP contribution >= 0.6 is 0 Å². The van der Waals surface area contributed by atoms with Gasteiger partial charge in [0, 0.05) is 25.6 Å². The molecule has 2 heterocycles. The number of benzene rings is 1. The molecule has 5 atom stereocenters. The van der Waals surface area contributed by atoms with Crippen molar-refractivity contribution in [3.63, 3.8) is 0 Å². The molecule has 2 unspecified atom stereocenters. The third-order valence-corrected chi connectivity index (χ3v) is 5.37. The zero-order valence-corrected chi connectivity index (χ0v) is 12.1. The van der Waals surface area contributed by atoms with Crippen molar-refractivity contribution in [1.29, 1.82) is 1.43 Å². The number of hydrogen-bond donors (Lipinski definition) is 1. The lowest BCUT2D eigenvalue weighted by atomic mass is 9.53. The summed E-state index contributed by atoms with van der Waals surface area (Å²) in [6, 6.07) is 1.61. The minimum absolute atomic E-state index is 0.0146. The van der Waals surface area contributed by atoms with Crippen LogP contribution in [-0.2, 0) is 11.8 Å². The Kier molecular flexibility index (Phi) is 1.36. The summed E-state index contributed by atoms with van der Waals surface area (Å²) in [6.07, 6.45) is -1.70. The van der Waals surface area contributed by atoms with Crippen molar-refractivity contribution in [2.45, 2.75) is 36.4 Å². The van der Waals surface area contributed by atoms with Crippen LogP contribution in [0.2, 0.25) is 0 Å². The molecular weight excluding hydrogens is 278 g/mol. The predicted octanol–water partition coefficient (Wildman–Crippen LogP) is 1.50. The largest absolute Gasteiger partial charge is 0.493 e. The monoisotopic (exact) mass is 307 g/mol. The van der Waals surface area contributed by atoms with Crippen molar-refractivity contribution in [2.75, 3.05) is 20.6 Å². The third kappa shape index (κ3) is 1.28. The fraction of sp³-hybridized carbons (Fsp3) is 0.556. The molecule has 116 valence electrons. The number of likely N-dealkylation sites (tertiary alicyclic amines) is 1. The molecule has 1 fully saturated rings. The van der Waals surface area contributed by atoms with E-state index >= 15 is 0 Å². The number of likely N-dealkylation sites (N-methyl/N-ethyl adjacent to an activating group) is 1. The van der Waals surface area contributed by atoms with Crippen LogP contribution in [0.1, 0.15) is 27.1 Å². The lowest BCUT2D eigenvalue weighted by Crippen LogP contribution is -2.64. The Balaban J connectivity index is 1.88. The fourth-order valence-electron chi connectivity index (χ4n) is 4.40. The van der Waals surface area contributed by atoms with Gasteiger partial charge in [0.25, 0.3) is 0 Å². The summed E-state index contributed by atoms with van der Waals surface area (Å²) in [5, 5.41) is 4.68. The maximum atomic E-state index is 9.46. The van der Waals surface area contributed by atoms with Gasteiger partial charge >= 0.3 is 0 Å². The Morgan fingerprint density at radius 3 is 3.36 bits per heavy atom. The summed E-state index contributed by atoms with van der Waals surface area (Å²) in [5.41, 5.74) is -0.463. The minimum Gasteiger partial charge on any atom is -0.493 e. The molecule has 1 aromatic carbocycles. The average molecular weight is 307 g/mol. The third-order valence-electron chi connectivity index (χ3n) is 5.37. The Bertz CT molecular complexity index is 987. The highest BCUT2D eigenvalue weighted by atomic mass is 16.5. The van der Waals surface area contributed by atoms with Crippen molar-refractivity contribution in [3.8, 4) is 11.5 Å². The Labute approximate surface area is 141 Å². The highest BCUT2D eigenvalue weighted by Crippen LogP contribution is 2.62. The molecule has 2 bridgehead atoms. The van der Waals surface area contributed by atoms with Gasteiger partial charge in [-0.15, -0.1) is 0 Å². The van der Waals surface area contributed by atoms with E-state index in [4.69, 9.17) is 16.4 Å². The van der Waals surface area contributed by atoms with Crippen molar-refractivity contribution in [3.05, 3.63) is 35.4 Å². The highest BCUT2D eigenvalue weighted by molar-refractivity contribution is 5.62. The van der Waals surface area contributed by atoms with Crippen LogP contribution in [-0.4, -0.2) is 50.2 Å². The van der Waals surface area contributed by atoms with Crippen molar-refractivity contribution >= 4 is 0 Å². The molecule has 1 aromatic rings. The van der Waals surface area contributed by atoms with Gasteiger partial charge in [-0.25, -0.2) is 0 Å². The van der Waals surface area contributed by atoms with Crippen LogP contribution in [0, 0.1) is 5.89 Å². The first kappa shape index (κ1) is 7.37. The van der Waals surface area contributed by atoms with E-state index in [1.165, 1.54) is 12.1 Å². The van der Waals surface area contributed by atoms with Gasteiger partial charge in [0.05, 0.1) is 13.9 Å². The molecule has 2 aliphatic carbocycles. The number of ether oxygens (including phenoxy) is 2. The Morgan fingerprint density at radius 2 is 2.50 bits per heavy atom. The second-order valence-corrected chi connectivity index (χ2v) is 6.27. The maximum absolute atomic E-state index is 9.46. The number of methoxy groups -OCH3 is 1. The van der Waals surface area contributed by atoms with E-state index in [9.17, 15) is 4.11 Å². The molecule has 1 spiro atoms. The van der Waals surface area contributed by atoms with E-state index in [2.05, 4.69) is 5.11 Å². The molecule has 0 amide bonds. The van der Waals surface area contributed by atoms with Crippen molar-refractivity contribution in [1.82, 2.24) is 4.90 Å². The van der Waals surface area contributed by atoms with Crippen LogP contribution in [0.5, 0.6) is 11.5 Å². The number of nitrogens with zero attached hydrogens (tertiary/aromatic N) is 1. The first-order valence-electron chi connectivity index (χ1n) is 11.3. The quantitative estimate of drug-likeness (QED) is 0.841. The predicted molar refractivity (Wildman–Crippen MR) is 82.5 cm³/mol. The SMILES string of the molecule is [2H]OC1([2H])C=C[C@@]2([2H])[C@@]3([2H])Cc4ccc(OC([2H])([2H])[2H])c5c4[C@@]2(CCN3C)C1([2H])O5. The first-order valence-corrected chi connectivity index (χ1v) is 7.39. The standard InChI is InChI=1S/C18H21NO3/c1-19-8-7-18-11-4-5-13(20)17(18)22-16-14(21-2)6-3-10(15(16)18)9-12(11)19/h3-6,11-13,17,20H,7-9H2,1-2H3/t11-,12+,13?,17?,18-/m0/s1/i2D3,11D,12D,13D,17D,20D. The molecule has 4 heteroatoms. The van der Waals surface area contributed by atoms with E-state index in [0.717, 1.165) is 6.08 Å². The number of hydrogen-bond acceptors (Lipinski definition) is 4. The number of piperidine rings is 1. The smallest absolute Gasteiger partial charge is 0.211 e. The normalized spacial score (nSPS) is 60.2. The Hall–Kier alpha value is -1.52. The molecule has 0 aromatic heterocycles.